The van der Waals surface area contributed by atoms with Crippen molar-refractivity contribution in [3.8, 4) is 0 Å². The summed E-state index contributed by atoms with van der Waals surface area (Å²) in [6, 6.07) is 0. The number of hydrogen-bond acceptors (Lipinski definition) is 4. The van der Waals surface area contributed by atoms with Crippen LogP contribution in [0, 0.1) is 5.41 Å². The zero-order valence-electron chi connectivity index (χ0n) is 12.2. The number of amides is 1. The lowest BCUT2D eigenvalue weighted by molar-refractivity contribution is -0.142. The maximum absolute atomic E-state index is 12.9. The molecule has 6 nitrogen and oxygen atoms in total. The SMILES string of the molecule is CCOC1CCCN(C(=O)C2(C(N)=NO)CCCC2)C1. The highest BCUT2D eigenvalue weighted by Crippen LogP contribution is 2.40. The number of rotatable bonds is 4. The van der Waals surface area contributed by atoms with Crippen molar-refractivity contribution in [2.75, 3.05) is 19.7 Å². The summed E-state index contributed by atoms with van der Waals surface area (Å²) in [5, 5.41) is 12.1. The van der Waals surface area contributed by atoms with Crippen molar-refractivity contribution in [1.82, 2.24) is 4.90 Å². The smallest absolute Gasteiger partial charge is 0.236 e. The van der Waals surface area contributed by atoms with Gasteiger partial charge in [-0.2, -0.15) is 0 Å². The lowest BCUT2D eigenvalue weighted by Crippen LogP contribution is -2.53. The van der Waals surface area contributed by atoms with Gasteiger partial charge in [-0.3, -0.25) is 4.79 Å². The van der Waals surface area contributed by atoms with Gasteiger partial charge in [-0.15, -0.1) is 0 Å². The van der Waals surface area contributed by atoms with Gasteiger partial charge < -0.3 is 20.6 Å². The monoisotopic (exact) mass is 283 g/mol. The molecule has 0 bridgehead atoms. The highest BCUT2D eigenvalue weighted by molar-refractivity contribution is 6.07. The molecule has 2 fully saturated rings. The second-order valence-corrected chi connectivity index (χ2v) is 5.75. The van der Waals surface area contributed by atoms with E-state index >= 15 is 0 Å². The zero-order valence-corrected chi connectivity index (χ0v) is 12.2. The molecule has 1 atom stereocenters. The molecule has 1 aliphatic carbocycles. The molecular formula is C14H25N3O3. The van der Waals surface area contributed by atoms with Crippen LogP contribution in [0.4, 0.5) is 0 Å². The first kappa shape index (κ1) is 15.1. The summed E-state index contributed by atoms with van der Waals surface area (Å²) in [6.07, 6.45) is 5.31. The van der Waals surface area contributed by atoms with E-state index < -0.39 is 5.41 Å². The zero-order chi connectivity index (χ0) is 14.6. The van der Waals surface area contributed by atoms with E-state index in [4.69, 9.17) is 15.7 Å². The molecule has 6 heteroatoms. The number of amidine groups is 1. The van der Waals surface area contributed by atoms with Crippen molar-refractivity contribution in [3.05, 3.63) is 0 Å². The Morgan fingerprint density at radius 1 is 1.45 bits per heavy atom. The minimum absolute atomic E-state index is 0.00898. The molecule has 3 N–H and O–H groups in total. The van der Waals surface area contributed by atoms with Crippen molar-refractivity contribution in [1.29, 1.82) is 0 Å². The van der Waals surface area contributed by atoms with Gasteiger partial charge in [0.05, 0.1) is 6.10 Å². The van der Waals surface area contributed by atoms with E-state index in [1.165, 1.54) is 0 Å². The highest BCUT2D eigenvalue weighted by Gasteiger charge is 2.48. The van der Waals surface area contributed by atoms with Gasteiger partial charge in [0.15, 0.2) is 5.84 Å². The Morgan fingerprint density at radius 3 is 2.75 bits per heavy atom. The Bertz CT molecular complexity index is 376. The number of ether oxygens (including phenoxy) is 1. The van der Waals surface area contributed by atoms with Crippen molar-refractivity contribution in [2.24, 2.45) is 16.3 Å². The molecule has 0 aromatic heterocycles. The third-order valence-electron chi connectivity index (χ3n) is 4.53. The second-order valence-electron chi connectivity index (χ2n) is 5.75. The third kappa shape index (κ3) is 2.75. The first-order valence-corrected chi connectivity index (χ1v) is 7.53. The average molecular weight is 283 g/mol. The molecule has 0 spiro atoms. The summed E-state index contributed by atoms with van der Waals surface area (Å²) in [7, 11) is 0. The molecule has 2 aliphatic rings. The molecule has 1 aliphatic heterocycles. The number of piperidine rings is 1. The quantitative estimate of drug-likeness (QED) is 0.352. The molecule has 1 amide bonds. The number of likely N-dealkylation sites (tertiary alicyclic amines) is 1. The molecule has 114 valence electrons. The fraction of sp³-hybridized carbons (Fsp3) is 0.857. The maximum atomic E-state index is 12.9. The van der Waals surface area contributed by atoms with E-state index in [2.05, 4.69) is 5.16 Å². The van der Waals surface area contributed by atoms with Crippen LogP contribution >= 0.6 is 0 Å². The van der Waals surface area contributed by atoms with Crippen LogP contribution in [-0.2, 0) is 9.53 Å². The minimum Gasteiger partial charge on any atom is -0.409 e. The van der Waals surface area contributed by atoms with Crippen LogP contribution in [0.3, 0.4) is 0 Å². The van der Waals surface area contributed by atoms with Crippen LogP contribution < -0.4 is 5.73 Å². The number of hydrogen-bond donors (Lipinski definition) is 2. The van der Waals surface area contributed by atoms with Crippen LogP contribution in [0.5, 0.6) is 0 Å². The number of carbonyl (C=O) groups is 1. The van der Waals surface area contributed by atoms with Gasteiger partial charge in [0.25, 0.3) is 0 Å². The number of nitrogens with two attached hydrogens (primary N) is 1. The van der Waals surface area contributed by atoms with Crippen molar-refractivity contribution >= 4 is 11.7 Å². The molecule has 0 aromatic rings. The number of carbonyl (C=O) groups excluding carboxylic acids is 1. The van der Waals surface area contributed by atoms with Gasteiger partial charge in [0.2, 0.25) is 5.91 Å². The predicted octanol–water partition coefficient (Wildman–Crippen LogP) is 1.32. The van der Waals surface area contributed by atoms with E-state index in [-0.39, 0.29) is 17.8 Å². The Hall–Kier alpha value is -1.30. The van der Waals surface area contributed by atoms with E-state index in [0.717, 1.165) is 32.2 Å². The van der Waals surface area contributed by atoms with E-state index in [1.807, 2.05) is 11.8 Å². The Balaban J connectivity index is 2.12. The summed E-state index contributed by atoms with van der Waals surface area (Å²) >= 11 is 0. The third-order valence-corrected chi connectivity index (χ3v) is 4.53. The number of oxime groups is 1. The molecule has 1 heterocycles. The fourth-order valence-electron chi connectivity index (χ4n) is 3.45. The summed E-state index contributed by atoms with van der Waals surface area (Å²) in [6.45, 7) is 3.99. The summed E-state index contributed by atoms with van der Waals surface area (Å²) in [4.78, 5) is 14.7. The van der Waals surface area contributed by atoms with Crippen LogP contribution in [0.15, 0.2) is 5.16 Å². The standard InChI is InChI=1S/C14H25N3O3/c1-2-20-11-6-5-9-17(10-11)13(18)14(12(15)16-19)7-3-4-8-14/h11,19H,2-10H2,1H3,(H2,15,16). The Labute approximate surface area is 119 Å². The van der Waals surface area contributed by atoms with Gasteiger partial charge >= 0.3 is 0 Å². The molecule has 2 rings (SSSR count). The Morgan fingerprint density at radius 2 is 2.15 bits per heavy atom. The van der Waals surface area contributed by atoms with Crippen molar-refractivity contribution in [3.63, 3.8) is 0 Å². The molecular weight excluding hydrogens is 258 g/mol. The fourth-order valence-corrected chi connectivity index (χ4v) is 3.45. The predicted molar refractivity (Wildman–Crippen MR) is 75.5 cm³/mol. The lowest BCUT2D eigenvalue weighted by Gasteiger charge is -2.38. The maximum Gasteiger partial charge on any atom is 0.236 e. The Kier molecular flexibility index (Phi) is 4.86. The van der Waals surface area contributed by atoms with Crippen LogP contribution in [-0.4, -0.2) is 47.7 Å². The molecule has 0 aromatic carbocycles. The van der Waals surface area contributed by atoms with Crippen LogP contribution in [0.1, 0.15) is 45.4 Å². The largest absolute Gasteiger partial charge is 0.409 e. The van der Waals surface area contributed by atoms with Gasteiger partial charge in [0, 0.05) is 19.7 Å². The minimum atomic E-state index is -0.789. The van der Waals surface area contributed by atoms with Crippen LogP contribution in [0.2, 0.25) is 0 Å². The van der Waals surface area contributed by atoms with E-state index in [9.17, 15) is 4.79 Å². The second kappa shape index (κ2) is 6.43. The van der Waals surface area contributed by atoms with Crippen LogP contribution in [0.25, 0.3) is 0 Å². The summed E-state index contributed by atoms with van der Waals surface area (Å²) in [5.74, 6) is 0.0771. The first-order valence-electron chi connectivity index (χ1n) is 7.53. The van der Waals surface area contributed by atoms with E-state index in [0.29, 0.717) is 26.0 Å². The lowest BCUT2D eigenvalue weighted by atomic mass is 9.82. The summed E-state index contributed by atoms with van der Waals surface area (Å²) < 4.78 is 5.64. The van der Waals surface area contributed by atoms with E-state index in [1.54, 1.807) is 0 Å². The van der Waals surface area contributed by atoms with Gasteiger partial charge in [-0.1, -0.05) is 18.0 Å². The molecule has 1 unspecified atom stereocenters. The topological polar surface area (TPSA) is 88.2 Å². The molecule has 20 heavy (non-hydrogen) atoms. The van der Waals surface area contributed by atoms with Gasteiger partial charge in [0.1, 0.15) is 5.41 Å². The van der Waals surface area contributed by atoms with Gasteiger partial charge in [-0.25, -0.2) is 0 Å². The molecule has 1 saturated carbocycles. The normalized spacial score (nSPS) is 26.8. The molecule has 1 saturated heterocycles. The number of nitrogens with zero attached hydrogens (tertiary/aromatic N) is 2. The van der Waals surface area contributed by atoms with Crippen molar-refractivity contribution < 1.29 is 14.7 Å². The summed E-state index contributed by atoms with van der Waals surface area (Å²) in [5.41, 5.74) is 5.05. The highest BCUT2D eigenvalue weighted by atomic mass is 16.5. The molecule has 0 radical (unpaired) electrons. The van der Waals surface area contributed by atoms with Gasteiger partial charge in [-0.05, 0) is 32.6 Å². The average Bonchev–Trinajstić information content (AvgIpc) is 2.97. The first-order chi connectivity index (χ1) is 9.64. The van der Waals surface area contributed by atoms with Crippen molar-refractivity contribution in [2.45, 2.75) is 51.6 Å².